The second-order valence-electron chi connectivity index (χ2n) is 5.52. The van der Waals surface area contributed by atoms with Gasteiger partial charge in [0.05, 0.1) is 6.54 Å². The molecule has 3 N–H and O–H groups in total. The van der Waals surface area contributed by atoms with Crippen LogP contribution in [0.5, 0.6) is 5.75 Å². The molecule has 1 aliphatic heterocycles. The molecule has 2 amide bonds. The summed E-state index contributed by atoms with van der Waals surface area (Å²) in [4.78, 5) is 23.4. The number of ether oxygens (including phenoxy) is 1. The van der Waals surface area contributed by atoms with E-state index in [1.807, 2.05) is 18.2 Å². The molecule has 0 spiro atoms. The van der Waals surface area contributed by atoms with Crippen molar-refractivity contribution >= 4 is 24.2 Å². The second kappa shape index (κ2) is 10.1. The van der Waals surface area contributed by atoms with Crippen molar-refractivity contribution in [2.75, 3.05) is 19.7 Å². The molecule has 0 bridgehead atoms. The Labute approximate surface area is 142 Å². The average Bonchev–Trinajstić information content (AvgIpc) is 2.52. The number of benzene rings is 1. The molecule has 1 saturated heterocycles. The SMILES string of the molecule is CC1CC(NC(=O)CNC(=O)COc2ccccc2)CCN1.Cl. The molecule has 2 atom stereocenters. The first-order chi connectivity index (χ1) is 10.6. The molecular formula is C16H24ClN3O3. The van der Waals surface area contributed by atoms with Crippen LogP contribution in [0, 0.1) is 0 Å². The Balaban J connectivity index is 0.00000264. The van der Waals surface area contributed by atoms with Gasteiger partial charge in [0.2, 0.25) is 5.91 Å². The van der Waals surface area contributed by atoms with Crippen molar-refractivity contribution in [2.24, 2.45) is 0 Å². The molecule has 0 radical (unpaired) electrons. The summed E-state index contributed by atoms with van der Waals surface area (Å²) in [6, 6.07) is 9.69. The van der Waals surface area contributed by atoms with Crippen molar-refractivity contribution in [3.8, 4) is 5.75 Å². The number of halogens is 1. The molecule has 0 saturated carbocycles. The Morgan fingerprint density at radius 1 is 1.26 bits per heavy atom. The number of piperidine rings is 1. The third kappa shape index (κ3) is 7.34. The van der Waals surface area contributed by atoms with Gasteiger partial charge in [0.1, 0.15) is 5.75 Å². The minimum absolute atomic E-state index is 0. The van der Waals surface area contributed by atoms with Crippen molar-refractivity contribution in [1.29, 1.82) is 0 Å². The van der Waals surface area contributed by atoms with Crippen LogP contribution in [0.25, 0.3) is 0 Å². The number of rotatable bonds is 6. The van der Waals surface area contributed by atoms with E-state index in [1.165, 1.54) is 0 Å². The quantitative estimate of drug-likeness (QED) is 0.717. The Hall–Kier alpha value is -1.79. The lowest BCUT2D eigenvalue weighted by Gasteiger charge is -2.28. The number of amides is 2. The van der Waals surface area contributed by atoms with Crippen LogP contribution in [0.4, 0.5) is 0 Å². The van der Waals surface area contributed by atoms with E-state index < -0.39 is 0 Å². The Bertz CT molecular complexity index is 499. The summed E-state index contributed by atoms with van der Waals surface area (Å²) in [5.41, 5.74) is 0. The van der Waals surface area contributed by atoms with Gasteiger partial charge in [-0.05, 0) is 38.4 Å². The molecule has 1 aromatic carbocycles. The first-order valence-corrected chi connectivity index (χ1v) is 7.61. The number of para-hydroxylation sites is 1. The van der Waals surface area contributed by atoms with E-state index in [0.717, 1.165) is 19.4 Å². The fourth-order valence-corrected chi connectivity index (χ4v) is 2.44. The summed E-state index contributed by atoms with van der Waals surface area (Å²) in [6.45, 7) is 2.89. The van der Waals surface area contributed by atoms with Crippen molar-refractivity contribution in [3.63, 3.8) is 0 Å². The summed E-state index contributed by atoms with van der Waals surface area (Å²) in [5.74, 6) is 0.163. The summed E-state index contributed by atoms with van der Waals surface area (Å²) in [6.07, 6.45) is 1.83. The number of carbonyl (C=O) groups excluding carboxylic acids is 2. The third-order valence-corrected chi connectivity index (χ3v) is 3.55. The molecule has 1 aromatic rings. The molecular weight excluding hydrogens is 318 g/mol. The van der Waals surface area contributed by atoms with Gasteiger partial charge in [-0.1, -0.05) is 18.2 Å². The average molecular weight is 342 g/mol. The van der Waals surface area contributed by atoms with Gasteiger partial charge >= 0.3 is 0 Å². The fourth-order valence-electron chi connectivity index (χ4n) is 2.44. The van der Waals surface area contributed by atoms with E-state index in [4.69, 9.17) is 4.74 Å². The zero-order valence-electron chi connectivity index (χ0n) is 13.2. The van der Waals surface area contributed by atoms with Gasteiger partial charge in [0, 0.05) is 12.1 Å². The fraction of sp³-hybridized carbons (Fsp3) is 0.500. The van der Waals surface area contributed by atoms with Gasteiger partial charge in [0.25, 0.3) is 5.91 Å². The van der Waals surface area contributed by atoms with Crippen LogP contribution in [0.1, 0.15) is 19.8 Å². The van der Waals surface area contributed by atoms with Crippen LogP contribution >= 0.6 is 12.4 Å². The van der Waals surface area contributed by atoms with Crippen LogP contribution in [0.2, 0.25) is 0 Å². The molecule has 1 heterocycles. The van der Waals surface area contributed by atoms with E-state index in [-0.39, 0.29) is 43.4 Å². The highest BCUT2D eigenvalue weighted by atomic mass is 35.5. The Morgan fingerprint density at radius 2 is 2.00 bits per heavy atom. The molecule has 23 heavy (non-hydrogen) atoms. The van der Waals surface area contributed by atoms with E-state index >= 15 is 0 Å². The molecule has 1 fully saturated rings. The molecule has 2 rings (SSSR count). The van der Waals surface area contributed by atoms with E-state index in [9.17, 15) is 9.59 Å². The highest BCUT2D eigenvalue weighted by Gasteiger charge is 2.19. The number of hydrogen-bond donors (Lipinski definition) is 3. The summed E-state index contributed by atoms with van der Waals surface area (Å²) < 4.78 is 5.31. The van der Waals surface area contributed by atoms with Crippen LogP contribution in [0.15, 0.2) is 30.3 Å². The summed E-state index contributed by atoms with van der Waals surface area (Å²) >= 11 is 0. The Kier molecular flexibility index (Phi) is 8.43. The van der Waals surface area contributed by atoms with E-state index in [0.29, 0.717) is 11.8 Å². The Morgan fingerprint density at radius 3 is 2.70 bits per heavy atom. The first-order valence-electron chi connectivity index (χ1n) is 7.61. The van der Waals surface area contributed by atoms with Crippen LogP contribution < -0.4 is 20.7 Å². The highest BCUT2D eigenvalue weighted by molar-refractivity contribution is 5.85. The molecule has 0 aromatic heterocycles. The third-order valence-electron chi connectivity index (χ3n) is 3.55. The summed E-state index contributed by atoms with van der Waals surface area (Å²) in [5, 5.41) is 8.84. The molecule has 1 aliphatic rings. The number of carbonyl (C=O) groups is 2. The van der Waals surface area contributed by atoms with Crippen LogP contribution in [-0.4, -0.2) is 43.6 Å². The molecule has 0 aliphatic carbocycles. The predicted octanol–water partition coefficient (Wildman–Crippen LogP) is 0.860. The topological polar surface area (TPSA) is 79.5 Å². The van der Waals surface area contributed by atoms with Crippen LogP contribution in [0.3, 0.4) is 0 Å². The monoisotopic (exact) mass is 341 g/mol. The molecule has 7 heteroatoms. The predicted molar refractivity (Wildman–Crippen MR) is 90.8 cm³/mol. The lowest BCUT2D eigenvalue weighted by atomic mass is 10.0. The summed E-state index contributed by atoms with van der Waals surface area (Å²) in [7, 11) is 0. The van der Waals surface area contributed by atoms with E-state index in [2.05, 4.69) is 22.9 Å². The maximum absolute atomic E-state index is 11.8. The molecule has 128 valence electrons. The largest absolute Gasteiger partial charge is 0.484 e. The van der Waals surface area contributed by atoms with Gasteiger partial charge in [0.15, 0.2) is 6.61 Å². The van der Waals surface area contributed by atoms with Crippen molar-refractivity contribution in [1.82, 2.24) is 16.0 Å². The van der Waals surface area contributed by atoms with Gasteiger partial charge in [-0.15, -0.1) is 12.4 Å². The van der Waals surface area contributed by atoms with E-state index in [1.54, 1.807) is 12.1 Å². The van der Waals surface area contributed by atoms with Crippen molar-refractivity contribution in [3.05, 3.63) is 30.3 Å². The van der Waals surface area contributed by atoms with Gasteiger partial charge in [-0.2, -0.15) is 0 Å². The van der Waals surface area contributed by atoms with Gasteiger partial charge in [-0.25, -0.2) is 0 Å². The molecule has 2 unspecified atom stereocenters. The zero-order valence-corrected chi connectivity index (χ0v) is 14.0. The standard InChI is InChI=1S/C16H23N3O3.ClH/c1-12-9-13(7-8-17-12)19-15(20)10-18-16(21)11-22-14-5-3-2-4-6-14;/h2-6,12-13,17H,7-11H2,1H3,(H,18,21)(H,19,20);1H. The first kappa shape index (κ1) is 19.3. The highest BCUT2D eigenvalue weighted by Crippen LogP contribution is 2.08. The van der Waals surface area contributed by atoms with Gasteiger partial charge < -0.3 is 20.7 Å². The number of hydrogen-bond acceptors (Lipinski definition) is 4. The molecule has 6 nitrogen and oxygen atoms in total. The van der Waals surface area contributed by atoms with Crippen LogP contribution in [-0.2, 0) is 9.59 Å². The van der Waals surface area contributed by atoms with Gasteiger partial charge in [-0.3, -0.25) is 9.59 Å². The maximum atomic E-state index is 11.8. The zero-order chi connectivity index (χ0) is 15.8. The lowest BCUT2D eigenvalue weighted by Crippen LogP contribution is -2.49. The normalized spacial score (nSPS) is 20.0. The lowest BCUT2D eigenvalue weighted by molar-refractivity contribution is -0.127. The minimum Gasteiger partial charge on any atom is -0.484 e. The number of nitrogens with one attached hydrogen (secondary N) is 3. The smallest absolute Gasteiger partial charge is 0.258 e. The maximum Gasteiger partial charge on any atom is 0.258 e. The van der Waals surface area contributed by atoms with Crippen molar-refractivity contribution < 1.29 is 14.3 Å². The van der Waals surface area contributed by atoms with Crippen molar-refractivity contribution in [2.45, 2.75) is 31.8 Å². The second-order valence-corrected chi connectivity index (χ2v) is 5.52. The minimum atomic E-state index is -0.308.